The van der Waals surface area contributed by atoms with Gasteiger partial charge in [0.25, 0.3) is 11.7 Å². The lowest BCUT2D eigenvalue weighted by Crippen LogP contribution is -2.29. The number of para-hydroxylation sites is 1. The lowest BCUT2D eigenvalue weighted by molar-refractivity contribution is -0.140. The average molecular weight is 562 g/mol. The normalized spacial score (nSPS) is 16.2. The molecule has 4 aromatic carbocycles. The molecule has 0 aromatic heterocycles. The van der Waals surface area contributed by atoms with E-state index in [1.54, 1.807) is 25.3 Å². The topological polar surface area (TPSA) is 76.1 Å². The third-order valence-electron chi connectivity index (χ3n) is 7.68. The predicted octanol–water partition coefficient (Wildman–Crippen LogP) is 7.33. The number of carbonyl (C=O) groups is 2. The summed E-state index contributed by atoms with van der Waals surface area (Å²) in [4.78, 5) is 28.6. The van der Waals surface area contributed by atoms with Crippen molar-refractivity contribution in [2.75, 3.05) is 7.11 Å². The molecule has 0 radical (unpaired) electrons. The molecule has 1 fully saturated rings. The van der Waals surface area contributed by atoms with Crippen LogP contribution in [0.2, 0.25) is 0 Å². The summed E-state index contributed by atoms with van der Waals surface area (Å²) < 4.78 is 11.5. The molecular formula is C36H35NO5. The quantitative estimate of drug-likeness (QED) is 0.132. The van der Waals surface area contributed by atoms with Crippen molar-refractivity contribution in [2.45, 2.75) is 45.9 Å². The van der Waals surface area contributed by atoms with Crippen LogP contribution >= 0.6 is 0 Å². The Morgan fingerprint density at radius 3 is 2.24 bits per heavy atom. The Morgan fingerprint density at radius 2 is 1.57 bits per heavy atom. The lowest BCUT2D eigenvalue weighted by Gasteiger charge is -2.26. The second kappa shape index (κ2) is 12.4. The van der Waals surface area contributed by atoms with Gasteiger partial charge in [0.05, 0.1) is 25.3 Å². The second-order valence-electron chi connectivity index (χ2n) is 10.8. The van der Waals surface area contributed by atoms with Gasteiger partial charge in [-0.05, 0) is 59.4 Å². The molecule has 0 bridgehead atoms. The van der Waals surface area contributed by atoms with Gasteiger partial charge in [0, 0.05) is 11.1 Å². The summed E-state index contributed by atoms with van der Waals surface area (Å²) in [5, 5.41) is 11.6. The van der Waals surface area contributed by atoms with Gasteiger partial charge in [-0.15, -0.1) is 0 Å². The summed E-state index contributed by atoms with van der Waals surface area (Å²) in [6.45, 7) is 6.66. The molecular weight excluding hydrogens is 526 g/mol. The molecule has 1 amide bonds. The summed E-state index contributed by atoms with van der Waals surface area (Å²) in [6, 6.07) is 29.7. The molecule has 214 valence electrons. The van der Waals surface area contributed by atoms with E-state index in [0.29, 0.717) is 29.6 Å². The molecule has 1 aliphatic rings. The standard InChI is InChI=1S/C36H35NO5/c1-23(2)26-14-16-27(17-15-26)33-32(35(39)36(40)37(33)21-29-12-8-9-13-31(29)41-4)34(38)28-18-19-30(24(3)20-28)42-22-25-10-6-5-7-11-25/h5-20,23,33,38H,21-22H2,1-4H3/b34-32-. The largest absolute Gasteiger partial charge is 0.507 e. The fourth-order valence-electron chi connectivity index (χ4n) is 5.32. The van der Waals surface area contributed by atoms with Crippen molar-refractivity contribution >= 4 is 17.4 Å². The van der Waals surface area contributed by atoms with Crippen LogP contribution in [-0.2, 0) is 22.7 Å². The predicted molar refractivity (Wildman–Crippen MR) is 163 cm³/mol. The smallest absolute Gasteiger partial charge is 0.295 e. The number of likely N-dealkylation sites (tertiary alicyclic amines) is 1. The van der Waals surface area contributed by atoms with Gasteiger partial charge in [0.2, 0.25) is 0 Å². The fourth-order valence-corrected chi connectivity index (χ4v) is 5.32. The summed E-state index contributed by atoms with van der Waals surface area (Å²) in [5.41, 5.74) is 5.00. The monoisotopic (exact) mass is 561 g/mol. The number of methoxy groups -OCH3 is 1. The molecule has 0 saturated carbocycles. The molecule has 1 N–H and O–H groups in total. The van der Waals surface area contributed by atoms with E-state index < -0.39 is 17.7 Å². The summed E-state index contributed by atoms with van der Waals surface area (Å²) >= 11 is 0. The maximum absolute atomic E-state index is 13.6. The number of amides is 1. The first-order valence-electron chi connectivity index (χ1n) is 14.1. The summed E-state index contributed by atoms with van der Waals surface area (Å²) in [6.07, 6.45) is 0. The van der Waals surface area contributed by atoms with Gasteiger partial charge in [-0.1, -0.05) is 86.6 Å². The molecule has 1 saturated heterocycles. The first-order valence-corrected chi connectivity index (χ1v) is 14.1. The Labute approximate surface area is 246 Å². The number of aliphatic hydroxyl groups excluding tert-OH is 1. The second-order valence-corrected chi connectivity index (χ2v) is 10.8. The maximum Gasteiger partial charge on any atom is 0.295 e. The van der Waals surface area contributed by atoms with E-state index in [-0.39, 0.29) is 17.9 Å². The molecule has 1 heterocycles. The molecule has 5 rings (SSSR count). The Balaban J connectivity index is 1.54. The molecule has 0 aliphatic carbocycles. The zero-order valence-corrected chi connectivity index (χ0v) is 24.3. The Bertz CT molecular complexity index is 1620. The number of carbonyl (C=O) groups excluding carboxylic acids is 2. The summed E-state index contributed by atoms with van der Waals surface area (Å²) in [7, 11) is 1.57. The van der Waals surface area contributed by atoms with E-state index in [9.17, 15) is 14.7 Å². The van der Waals surface area contributed by atoms with Gasteiger partial charge in [0.15, 0.2) is 0 Å². The van der Waals surface area contributed by atoms with E-state index in [4.69, 9.17) is 9.47 Å². The molecule has 1 atom stereocenters. The zero-order chi connectivity index (χ0) is 29.8. The van der Waals surface area contributed by atoms with Crippen LogP contribution in [-0.4, -0.2) is 28.8 Å². The van der Waals surface area contributed by atoms with Crippen LogP contribution in [0.1, 0.15) is 59.2 Å². The van der Waals surface area contributed by atoms with E-state index in [1.165, 1.54) is 4.90 Å². The highest BCUT2D eigenvalue weighted by Gasteiger charge is 2.46. The number of aryl methyl sites for hydroxylation is 1. The van der Waals surface area contributed by atoms with Crippen LogP contribution in [0.4, 0.5) is 0 Å². The van der Waals surface area contributed by atoms with E-state index in [1.807, 2.05) is 85.8 Å². The van der Waals surface area contributed by atoms with Crippen molar-refractivity contribution in [3.05, 3.63) is 136 Å². The number of hydrogen-bond acceptors (Lipinski definition) is 5. The van der Waals surface area contributed by atoms with Crippen LogP contribution < -0.4 is 9.47 Å². The molecule has 6 nitrogen and oxygen atoms in total. The molecule has 42 heavy (non-hydrogen) atoms. The number of rotatable bonds is 9. The van der Waals surface area contributed by atoms with Gasteiger partial charge >= 0.3 is 0 Å². The minimum absolute atomic E-state index is 0.0598. The van der Waals surface area contributed by atoms with Gasteiger partial charge in [0.1, 0.15) is 23.9 Å². The number of ketones is 1. The third kappa shape index (κ3) is 5.79. The minimum atomic E-state index is -0.773. The Morgan fingerprint density at radius 1 is 0.881 bits per heavy atom. The van der Waals surface area contributed by atoms with Crippen molar-refractivity contribution in [3.63, 3.8) is 0 Å². The van der Waals surface area contributed by atoms with Crippen LogP contribution in [0.25, 0.3) is 5.76 Å². The molecule has 1 aliphatic heterocycles. The number of benzene rings is 4. The van der Waals surface area contributed by atoms with Gasteiger partial charge in [-0.25, -0.2) is 0 Å². The molecule has 0 spiro atoms. The van der Waals surface area contributed by atoms with Crippen LogP contribution in [0.15, 0.2) is 103 Å². The maximum atomic E-state index is 13.6. The number of aliphatic hydroxyl groups is 1. The van der Waals surface area contributed by atoms with Crippen molar-refractivity contribution in [1.29, 1.82) is 0 Å². The number of Topliss-reactive ketones (excluding diaryl/α,β-unsaturated/α-hetero) is 1. The average Bonchev–Trinajstić information content (AvgIpc) is 3.25. The highest BCUT2D eigenvalue weighted by Crippen LogP contribution is 2.41. The van der Waals surface area contributed by atoms with E-state index >= 15 is 0 Å². The molecule has 1 unspecified atom stereocenters. The number of hydrogen-bond donors (Lipinski definition) is 1. The van der Waals surface area contributed by atoms with Gasteiger partial charge < -0.3 is 19.5 Å². The number of nitrogens with zero attached hydrogens (tertiary/aromatic N) is 1. The third-order valence-corrected chi connectivity index (χ3v) is 7.68. The van der Waals surface area contributed by atoms with Crippen LogP contribution in [0.5, 0.6) is 11.5 Å². The number of ether oxygens (including phenoxy) is 2. The lowest BCUT2D eigenvalue weighted by atomic mass is 9.92. The van der Waals surface area contributed by atoms with Gasteiger partial charge in [-0.2, -0.15) is 0 Å². The highest BCUT2D eigenvalue weighted by molar-refractivity contribution is 6.46. The zero-order valence-electron chi connectivity index (χ0n) is 24.3. The van der Waals surface area contributed by atoms with E-state index in [2.05, 4.69) is 13.8 Å². The van der Waals surface area contributed by atoms with Crippen LogP contribution in [0, 0.1) is 6.92 Å². The van der Waals surface area contributed by atoms with E-state index in [0.717, 1.165) is 27.8 Å². The molecule has 4 aromatic rings. The molecule has 6 heteroatoms. The van der Waals surface area contributed by atoms with Crippen LogP contribution in [0.3, 0.4) is 0 Å². The minimum Gasteiger partial charge on any atom is -0.507 e. The van der Waals surface area contributed by atoms with Crippen molar-refractivity contribution < 1.29 is 24.2 Å². The first-order chi connectivity index (χ1) is 20.3. The van der Waals surface area contributed by atoms with Gasteiger partial charge in [-0.3, -0.25) is 9.59 Å². The SMILES string of the molecule is COc1ccccc1CN1C(=O)C(=O)/C(=C(\O)c2ccc(OCc3ccccc3)c(C)c2)C1c1ccc(C(C)C)cc1. The Kier molecular flexibility index (Phi) is 8.43. The Hall–Kier alpha value is -4.84. The summed E-state index contributed by atoms with van der Waals surface area (Å²) in [5.74, 6) is 0.0151. The van der Waals surface area contributed by atoms with Crippen molar-refractivity contribution in [3.8, 4) is 11.5 Å². The highest BCUT2D eigenvalue weighted by atomic mass is 16.5. The van der Waals surface area contributed by atoms with Crippen molar-refractivity contribution in [1.82, 2.24) is 4.90 Å². The fraction of sp³-hybridized carbons (Fsp3) is 0.222. The first kappa shape index (κ1) is 28.7. The van der Waals surface area contributed by atoms with Crippen molar-refractivity contribution in [2.24, 2.45) is 0 Å².